The normalized spacial score (nSPS) is 10.8. The van der Waals surface area contributed by atoms with Crippen molar-refractivity contribution in [1.82, 2.24) is 9.78 Å². The molecule has 0 unspecified atom stereocenters. The van der Waals surface area contributed by atoms with Gasteiger partial charge in [0.15, 0.2) is 0 Å². The molecule has 0 atom stereocenters. The molecule has 6 nitrogen and oxygen atoms in total. The van der Waals surface area contributed by atoms with E-state index in [0.717, 1.165) is 27.7 Å². The van der Waals surface area contributed by atoms with Crippen LogP contribution in [0.2, 0.25) is 0 Å². The Morgan fingerprint density at radius 2 is 1.67 bits per heavy atom. The number of amides is 1. The lowest BCUT2D eigenvalue weighted by molar-refractivity contribution is -0.137. The van der Waals surface area contributed by atoms with Gasteiger partial charge < -0.3 is 10.4 Å². The number of aliphatic carboxylic acids is 1. The van der Waals surface area contributed by atoms with Crippen molar-refractivity contribution in [2.75, 3.05) is 5.32 Å². The van der Waals surface area contributed by atoms with Crippen molar-refractivity contribution < 1.29 is 14.7 Å². The van der Waals surface area contributed by atoms with Crippen LogP contribution in [-0.4, -0.2) is 26.8 Å². The Morgan fingerprint density at radius 1 is 0.967 bits per heavy atom. The molecular formula is C24H21N3O3. The SMILES string of the molecule is Cc1ccc(C(=O)Nc2ccc(Cc3nn(CC(=O)O)c4ccccc34)cc2)cc1. The third-order valence-electron chi connectivity index (χ3n) is 4.92. The summed E-state index contributed by atoms with van der Waals surface area (Å²) < 4.78 is 1.52. The van der Waals surface area contributed by atoms with Crippen molar-refractivity contribution in [3.05, 3.63) is 95.2 Å². The molecule has 0 aliphatic rings. The van der Waals surface area contributed by atoms with E-state index in [9.17, 15) is 9.59 Å². The van der Waals surface area contributed by atoms with E-state index in [1.807, 2.05) is 67.6 Å². The van der Waals surface area contributed by atoms with Crippen molar-refractivity contribution in [3.63, 3.8) is 0 Å². The molecule has 0 spiro atoms. The quantitative estimate of drug-likeness (QED) is 0.507. The van der Waals surface area contributed by atoms with Gasteiger partial charge in [0.1, 0.15) is 6.54 Å². The number of para-hydroxylation sites is 1. The maximum absolute atomic E-state index is 12.4. The Bertz CT molecular complexity index is 1210. The van der Waals surface area contributed by atoms with Gasteiger partial charge >= 0.3 is 5.97 Å². The molecule has 4 rings (SSSR count). The Morgan fingerprint density at radius 3 is 2.37 bits per heavy atom. The van der Waals surface area contributed by atoms with Crippen LogP contribution in [0.1, 0.15) is 27.2 Å². The standard InChI is InChI=1S/C24H21N3O3/c1-16-6-10-18(11-7-16)24(30)25-19-12-8-17(9-13-19)14-21-20-4-2-3-5-22(20)27(26-21)15-23(28)29/h2-13H,14-15H2,1H3,(H,25,30)(H,28,29). The van der Waals surface area contributed by atoms with E-state index >= 15 is 0 Å². The van der Waals surface area contributed by atoms with E-state index in [0.29, 0.717) is 17.7 Å². The number of benzene rings is 3. The van der Waals surface area contributed by atoms with E-state index in [1.165, 1.54) is 4.68 Å². The third-order valence-corrected chi connectivity index (χ3v) is 4.92. The second kappa shape index (κ2) is 8.21. The van der Waals surface area contributed by atoms with Crippen molar-refractivity contribution in [2.45, 2.75) is 19.9 Å². The Labute approximate surface area is 173 Å². The fraction of sp³-hybridized carbons (Fsp3) is 0.125. The van der Waals surface area contributed by atoms with Crippen LogP contribution in [0, 0.1) is 6.92 Å². The lowest BCUT2D eigenvalue weighted by Gasteiger charge is -2.07. The van der Waals surface area contributed by atoms with Gasteiger partial charge in [0.25, 0.3) is 5.91 Å². The van der Waals surface area contributed by atoms with E-state index in [4.69, 9.17) is 5.11 Å². The zero-order valence-electron chi connectivity index (χ0n) is 16.5. The maximum Gasteiger partial charge on any atom is 0.325 e. The number of rotatable bonds is 6. The highest BCUT2D eigenvalue weighted by Crippen LogP contribution is 2.22. The monoisotopic (exact) mass is 399 g/mol. The van der Waals surface area contributed by atoms with Gasteiger partial charge in [0.2, 0.25) is 0 Å². The molecule has 6 heteroatoms. The summed E-state index contributed by atoms with van der Waals surface area (Å²) in [5.74, 6) is -1.08. The number of carboxylic acids is 1. The summed E-state index contributed by atoms with van der Waals surface area (Å²) in [7, 11) is 0. The minimum atomic E-state index is -0.927. The molecule has 1 amide bonds. The Kier molecular flexibility index (Phi) is 5.30. The highest BCUT2D eigenvalue weighted by atomic mass is 16.4. The largest absolute Gasteiger partial charge is 0.480 e. The highest BCUT2D eigenvalue weighted by Gasteiger charge is 2.13. The van der Waals surface area contributed by atoms with Crippen LogP contribution in [0.3, 0.4) is 0 Å². The van der Waals surface area contributed by atoms with E-state index < -0.39 is 5.97 Å². The topological polar surface area (TPSA) is 84.2 Å². The minimum Gasteiger partial charge on any atom is -0.480 e. The molecule has 0 saturated heterocycles. The van der Waals surface area contributed by atoms with Crippen LogP contribution >= 0.6 is 0 Å². The number of nitrogens with one attached hydrogen (secondary N) is 1. The molecule has 0 radical (unpaired) electrons. The number of hydrogen-bond donors (Lipinski definition) is 2. The van der Waals surface area contributed by atoms with Crippen LogP contribution < -0.4 is 5.32 Å². The van der Waals surface area contributed by atoms with Crippen molar-refractivity contribution in [2.24, 2.45) is 0 Å². The van der Waals surface area contributed by atoms with E-state index in [1.54, 1.807) is 12.1 Å². The van der Waals surface area contributed by atoms with Gasteiger partial charge in [0.05, 0.1) is 11.2 Å². The second-order valence-electron chi connectivity index (χ2n) is 7.21. The van der Waals surface area contributed by atoms with Crippen molar-refractivity contribution >= 4 is 28.5 Å². The third kappa shape index (κ3) is 4.22. The molecule has 0 aliphatic carbocycles. The van der Waals surface area contributed by atoms with Crippen molar-refractivity contribution in [1.29, 1.82) is 0 Å². The van der Waals surface area contributed by atoms with Crippen LogP contribution in [0.25, 0.3) is 10.9 Å². The van der Waals surface area contributed by atoms with Gasteiger partial charge in [-0.15, -0.1) is 0 Å². The average Bonchev–Trinajstić information content (AvgIpc) is 3.07. The molecule has 1 heterocycles. The predicted octanol–water partition coefficient (Wildman–Crippen LogP) is 4.27. The molecule has 0 bridgehead atoms. The molecular weight excluding hydrogens is 378 g/mol. The molecule has 1 aromatic heterocycles. The van der Waals surface area contributed by atoms with Gasteiger partial charge in [0, 0.05) is 23.1 Å². The summed E-state index contributed by atoms with van der Waals surface area (Å²) in [4.78, 5) is 23.5. The summed E-state index contributed by atoms with van der Waals surface area (Å²) in [5, 5.41) is 17.5. The zero-order valence-corrected chi connectivity index (χ0v) is 16.5. The molecule has 0 aliphatic heterocycles. The molecule has 150 valence electrons. The molecule has 4 aromatic rings. The number of aryl methyl sites for hydroxylation is 1. The lowest BCUT2D eigenvalue weighted by atomic mass is 10.1. The number of carboxylic acid groups (broad SMARTS) is 1. The summed E-state index contributed by atoms with van der Waals surface area (Å²) >= 11 is 0. The van der Waals surface area contributed by atoms with Crippen molar-refractivity contribution in [3.8, 4) is 0 Å². The highest BCUT2D eigenvalue weighted by molar-refractivity contribution is 6.04. The van der Waals surface area contributed by atoms with Gasteiger partial charge in [-0.05, 0) is 42.8 Å². The lowest BCUT2D eigenvalue weighted by Crippen LogP contribution is -2.11. The van der Waals surface area contributed by atoms with E-state index in [2.05, 4.69) is 10.4 Å². The maximum atomic E-state index is 12.4. The predicted molar refractivity (Wildman–Crippen MR) is 116 cm³/mol. The first kappa shape index (κ1) is 19.4. The molecule has 2 N–H and O–H groups in total. The molecule has 30 heavy (non-hydrogen) atoms. The number of fused-ring (bicyclic) bond motifs is 1. The van der Waals surface area contributed by atoms with Crippen LogP contribution in [0.4, 0.5) is 5.69 Å². The van der Waals surface area contributed by atoms with Crippen LogP contribution in [0.15, 0.2) is 72.8 Å². The molecule has 0 saturated carbocycles. The Balaban J connectivity index is 1.50. The smallest absolute Gasteiger partial charge is 0.325 e. The number of nitrogens with zero attached hydrogens (tertiary/aromatic N) is 2. The summed E-state index contributed by atoms with van der Waals surface area (Å²) in [5.41, 5.74) is 5.08. The first-order valence-electron chi connectivity index (χ1n) is 9.63. The number of carbonyl (C=O) groups is 2. The summed E-state index contributed by atoms with van der Waals surface area (Å²) in [6.45, 7) is 1.80. The van der Waals surface area contributed by atoms with Crippen LogP contribution in [-0.2, 0) is 17.8 Å². The second-order valence-corrected chi connectivity index (χ2v) is 7.21. The number of anilines is 1. The summed E-state index contributed by atoms with van der Waals surface area (Å²) in [6, 6.07) is 22.6. The summed E-state index contributed by atoms with van der Waals surface area (Å²) in [6.07, 6.45) is 0.569. The van der Waals surface area contributed by atoms with Gasteiger partial charge in [-0.3, -0.25) is 14.3 Å². The fourth-order valence-corrected chi connectivity index (χ4v) is 3.38. The average molecular weight is 399 g/mol. The Hall–Kier alpha value is -3.93. The van der Waals surface area contributed by atoms with Gasteiger partial charge in [-0.2, -0.15) is 5.10 Å². The first-order chi connectivity index (χ1) is 14.5. The number of carbonyl (C=O) groups excluding carboxylic acids is 1. The number of hydrogen-bond acceptors (Lipinski definition) is 3. The first-order valence-corrected chi connectivity index (χ1v) is 9.63. The van der Waals surface area contributed by atoms with E-state index in [-0.39, 0.29) is 12.5 Å². The molecule has 3 aromatic carbocycles. The number of aromatic nitrogens is 2. The minimum absolute atomic E-state index is 0.152. The van der Waals surface area contributed by atoms with Crippen LogP contribution in [0.5, 0.6) is 0 Å². The zero-order chi connectivity index (χ0) is 21.1. The fourth-order valence-electron chi connectivity index (χ4n) is 3.38. The van der Waals surface area contributed by atoms with Gasteiger partial charge in [-0.1, -0.05) is 48.0 Å². The molecule has 0 fully saturated rings. The van der Waals surface area contributed by atoms with Gasteiger partial charge in [-0.25, -0.2) is 0 Å².